The molecule has 64 valence electrons. The minimum atomic E-state index is 0.00606. The highest BCUT2D eigenvalue weighted by molar-refractivity contribution is 4.96. The van der Waals surface area contributed by atoms with Gasteiger partial charge in [-0.3, -0.25) is 0 Å². The molecular weight excluding hydrogens is 140 g/mol. The molecule has 1 aliphatic rings. The van der Waals surface area contributed by atoms with Crippen LogP contribution in [0.4, 0.5) is 0 Å². The van der Waals surface area contributed by atoms with Gasteiger partial charge in [0.25, 0.3) is 0 Å². The molecule has 11 heavy (non-hydrogen) atoms. The molecule has 0 heterocycles. The van der Waals surface area contributed by atoms with E-state index in [2.05, 4.69) is 12.2 Å². The second-order valence-corrected chi connectivity index (χ2v) is 2.98. The summed E-state index contributed by atoms with van der Waals surface area (Å²) in [7, 11) is 1.66. The standard InChI is InChI=1S/C9H16O2/c1-11-9(7-10)8-5-3-2-4-6-8/h3,5,8-10H,2,4,6-7H2,1H3. The summed E-state index contributed by atoms with van der Waals surface area (Å²) < 4.78 is 5.14. The first-order valence-electron chi connectivity index (χ1n) is 4.18. The van der Waals surface area contributed by atoms with Crippen LogP contribution in [0.2, 0.25) is 0 Å². The molecule has 0 aromatic rings. The Labute approximate surface area is 67.9 Å². The Kier molecular flexibility index (Phi) is 3.60. The summed E-state index contributed by atoms with van der Waals surface area (Å²) >= 11 is 0. The molecule has 0 spiro atoms. The Balaban J connectivity index is 2.42. The number of rotatable bonds is 3. The molecule has 2 nitrogen and oxygen atoms in total. The van der Waals surface area contributed by atoms with E-state index in [0.717, 1.165) is 6.42 Å². The fourth-order valence-electron chi connectivity index (χ4n) is 1.53. The van der Waals surface area contributed by atoms with E-state index >= 15 is 0 Å². The van der Waals surface area contributed by atoms with Gasteiger partial charge in [0.2, 0.25) is 0 Å². The maximum Gasteiger partial charge on any atom is 0.0864 e. The summed E-state index contributed by atoms with van der Waals surface area (Å²) in [6.45, 7) is 0.130. The van der Waals surface area contributed by atoms with E-state index in [-0.39, 0.29) is 12.7 Å². The number of aliphatic hydroxyl groups excluding tert-OH is 1. The molecule has 0 aromatic heterocycles. The molecule has 0 aliphatic heterocycles. The molecule has 0 fully saturated rings. The Morgan fingerprint density at radius 1 is 1.73 bits per heavy atom. The highest BCUT2D eigenvalue weighted by atomic mass is 16.5. The van der Waals surface area contributed by atoms with Crippen molar-refractivity contribution in [1.82, 2.24) is 0 Å². The third-order valence-electron chi connectivity index (χ3n) is 2.25. The van der Waals surface area contributed by atoms with Crippen molar-refractivity contribution >= 4 is 0 Å². The smallest absolute Gasteiger partial charge is 0.0864 e. The number of methoxy groups -OCH3 is 1. The highest BCUT2D eigenvalue weighted by Crippen LogP contribution is 2.21. The van der Waals surface area contributed by atoms with Gasteiger partial charge in [-0.1, -0.05) is 12.2 Å². The molecular formula is C9H16O2. The first-order valence-corrected chi connectivity index (χ1v) is 4.18. The molecule has 1 aliphatic carbocycles. The van der Waals surface area contributed by atoms with E-state index in [1.807, 2.05) is 0 Å². The van der Waals surface area contributed by atoms with Crippen LogP contribution in [0.25, 0.3) is 0 Å². The van der Waals surface area contributed by atoms with Crippen molar-refractivity contribution in [1.29, 1.82) is 0 Å². The maximum absolute atomic E-state index is 8.92. The van der Waals surface area contributed by atoms with Gasteiger partial charge in [0.1, 0.15) is 0 Å². The van der Waals surface area contributed by atoms with Crippen molar-refractivity contribution in [3.05, 3.63) is 12.2 Å². The van der Waals surface area contributed by atoms with Gasteiger partial charge in [0.15, 0.2) is 0 Å². The average Bonchev–Trinajstić information content (AvgIpc) is 2.09. The Morgan fingerprint density at radius 3 is 3.00 bits per heavy atom. The number of hydrogen-bond acceptors (Lipinski definition) is 2. The molecule has 2 unspecified atom stereocenters. The summed E-state index contributed by atoms with van der Waals surface area (Å²) in [6.07, 6.45) is 7.89. The van der Waals surface area contributed by atoms with Gasteiger partial charge in [-0.25, -0.2) is 0 Å². The van der Waals surface area contributed by atoms with Crippen LogP contribution in [-0.4, -0.2) is 24.9 Å². The van der Waals surface area contributed by atoms with Crippen LogP contribution in [-0.2, 0) is 4.74 Å². The van der Waals surface area contributed by atoms with Gasteiger partial charge < -0.3 is 9.84 Å². The zero-order valence-corrected chi connectivity index (χ0v) is 6.99. The van der Waals surface area contributed by atoms with E-state index in [0.29, 0.717) is 5.92 Å². The van der Waals surface area contributed by atoms with Gasteiger partial charge in [-0.2, -0.15) is 0 Å². The Morgan fingerprint density at radius 2 is 2.55 bits per heavy atom. The van der Waals surface area contributed by atoms with Crippen LogP contribution < -0.4 is 0 Å². The molecule has 0 saturated heterocycles. The van der Waals surface area contributed by atoms with E-state index in [9.17, 15) is 0 Å². The first kappa shape index (κ1) is 8.75. The Hall–Kier alpha value is -0.340. The number of hydrogen-bond donors (Lipinski definition) is 1. The predicted molar refractivity (Wildman–Crippen MR) is 44.4 cm³/mol. The largest absolute Gasteiger partial charge is 0.394 e. The first-order chi connectivity index (χ1) is 5.38. The molecule has 2 atom stereocenters. The van der Waals surface area contributed by atoms with Crippen molar-refractivity contribution < 1.29 is 9.84 Å². The van der Waals surface area contributed by atoms with Crippen LogP contribution in [0, 0.1) is 5.92 Å². The lowest BCUT2D eigenvalue weighted by molar-refractivity contribution is 0.0172. The van der Waals surface area contributed by atoms with Crippen molar-refractivity contribution in [2.24, 2.45) is 5.92 Å². The lowest BCUT2D eigenvalue weighted by atomic mass is 9.91. The van der Waals surface area contributed by atoms with Crippen molar-refractivity contribution in [3.63, 3.8) is 0 Å². The monoisotopic (exact) mass is 156 g/mol. The van der Waals surface area contributed by atoms with Crippen LogP contribution in [0.5, 0.6) is 0 Å². The molecule has 1 N–H and O–H groups in total. The summed E-state index contributed by atoms with van der Waals surface area (Å²) in [5.74, 6) is 0.429. The molecule has 0 radical (unpaired) electrons. The van der Waals surface area contributed by atoms with Crippen molar-refractivity contribution in [3.8, 4) is 0 Å². The fraction of sp³-hybridized carbons (Fsp3) is 0.778. The van der Waals surface area contributed by atoms with Gasteiger partial charge in [0.05, 0.1) is 12.7 Å². The molecule has 0 amide bonds. The third-order valence-corrected chi connectivity index (χ3v) is 2.25. The van der Waals surface area contributed by atoms with Crippen LogP contribution >= 0.6 is 0 Å². The maximum atomic E-state index is 8.92. The van der Waals surface area contributed by atoms with Gasteiger partial charge >= 0.3 is 0 Å². The second-order valence-electron chi connectivity index (χ2n) is 2.98. The zero-order valence-electron chi connectivity index (χ0n) is 6.99. The topological polar surface area (TPSA) is 29.5 Å². The van der Waals surface area contributed by atoms with Gasteiger partial charge in [0, 0.05) is 13.0 Å². The Bertz CT molecular complexity index is 128. The van der Waals surface area contributed by atoms with E-state index in [1.54, 1.807) is 7.11 Å². The van der Waals surface area contributed by atoms with Crippen LogP contribution in [0.1, 0.15) is 19.3 Å². The van der Waals surface area contributed by atoms with Crippen molar-refractivity contribution in [2.75, 3.05) is 13.7 Å². The molecule has 1 rings (SSSR count). The number of ether oxygens (including phenoxy) is 1. The summed E-state index contributed by atoms with van der Waals surface area (Å²) in [6, 6.07) is 0. The predicted octanol–water partition coefficient (Wildman–Crippen LogP) is 1.35. The van der Waals surface area contributed by atoms with Gasteiger partial charge in [-0.05, 0) is 19.3 Å². The third kappa shape index (κ3) is 2.31. The van der Waals surface area contributed by atoms with Crippen molar-refractivity contribution in [2.45, 2.75) is 25.4 Å². The summed E-state index contributed by atoms with van der Waals surface area (Å²) in [5, 5.41) is 8.92. The van der Waals surface area contributed by atoms with Crippen LogP contribution in [0.3, 0.4) is 0 Å². The minimum Gasteiger partial charge on any atom is -0.394 e. The molecule has 0 saturated carbocycles. The SMILES string of the molecule is COC(CO)C1C=CCCC1. The lowest BCUT2D eigenvalue weighted by Gasteiger charge is -2.23. The minimum absolute atomic E-state index is 0.00606. The summed E-state index contributed by atoms with van der Waals surface area (Å²) in [4.78, 5) is 0. The summed E-state index contributed by atoms with van der Waals surface area (Å²) in [5.41, 5.74) is 0. The van der Waals surface area contributed by atoms with Gasteiger partial charge in [-0.15, -0.1) is 0 Å². The molecule has 0 bridgehead atoms. The second kappa shape index (κ2) is 4.52. The van der Waals surface area contributed by atoms with E-state index in [4.69, 9.17) is 9.84 Å². The van der Waals surface area contributed by atoms with Crippen LogP contribution in [0.15, 0.2) is 12.2 Å². The average molecular weight is 156 g/mol. The van der Waals surface area contributed by atoms with E-state index < -0.39 is 0 Å². The highest BCUT2D eigenvalue weighted by Gasteiger charge is 2.18. The molecule has 2 heteroatoms. The fourth-order valence-corrected chi connectivity index (χ4v) is 1.53. The zero-order chi connectivity index (χ0) is 8.10. The van der Waals surface area contributed by atoms with E-state index in [1.165, 1.54) is 12.8 Å². The number of aliphatic hydroxyl groups is 1. The molecule has 0 aromatic carbocycles. The quantitative estimate of drug-likeness (QED) is 0.625. The number of allylic oxidation sites excluding steroid dienone is 1. The normalized spacial score (nSPS) is 26.9. The lowest BCUT2D eigenvalue weighted by Crippen LogP contribution is -2.26.